The van der Waals surface area contributed by atoms with Gasteiger partial charge in [-0.2, -0.15) is 8.78 Å². The van der Waals surface area contributed by atoms with E-state index in [9.17, 15) is 23.5 Å². The van der Waals surface area contributed by atoms with E-state index in [1.807, 2.05) is 18.2 Å². The van der Waals surface area contributed by atoms with E-state index in [0.29, 0.717) is 24.1 Å². The fourth-order valence-corrected chi connectivity index (χ4v) is 4.91. The van der Waals surface area contributed by atoms with Crippen molar-refractivity contribution in [2.75, 3.05) is 19.7 Å². The van der Waals surface area contributed by atoms with Gasteiger partial charge in [-0.25, -0.2) is 0 Å². The van der Waals surface area contributed by atoms with Crippen molar-refractivity contribution >= 4 is 11.8 Å². The molecule has 1 saturated heterocycles. The lowest BCUT2D eigenvalue weighted by molar-refractivity contribution is -0.131. The van der Waals surface area contributed by atoms with Crippen LogP contribution in [0.2, 0.25) is 0 Å². The van der Waals surface area contributed by atoms with Crippen molar-refractivity contribution < 1.29 is 23.5 Å². The number of hydrogen-bond acceptors (Lipinski definition) is 4. The SMILES string of the molecule is O=C(NCC(=O)N1C[C@@H](c2ccccn2)C[C@H]1CO)c1ccc2c(c1)-c1ccccc1C2(F)F. The monoisotopic (exact) mass is 463 g/mol. The van der Waals surface area contributed by atoms with Gasteiger partial charge < -0.3 is 15.3 Å². The molecule has 2 amide bonds. The molecule has 34 heavy (non-hydrogen) atoms. The van der Waals surface area contributed by atoms with Crippen LogP contribution in [0.4, 0.5) is 8.78 Å². The summed E-state index contributed by atoms with van der Waals surface area (Å²) in [5.74, 6) is -3.94. The predicted octanol–water partition coefficient (Wildman–Crippen LogP) is 3.31. The first kappa shape index (κ1) is 22.2. The van der Waals surface area contributed by atoms with Crippen molar-refractivity contribution in [2.24, 2.45) is 0 Å². The van der Waals surface area contributed by atoms with Crippen LogP contribution in [-0.2, 0) is 10.7 Å². The maximum Gasteiger partial charge on any atom is 0.299 e. The van der Waals surface area contributed by atoms with Crippen molar-refractivity contribution in [3.63, 3.8) is 0 Å². The van der Waals surface area contributed by atoms with E-state index in [-0.39, 0.29) is 47.7 Å². The molecule has 3 aromatic rings. The van der Waals surface area contributed by atoms with Crippen LogP contribution in [0.15, 0.2) is 66.9 Å². The average molecular weight is 463 g/mol. The van der Waals surface area contributed by atoms with E-state index in [1.165, 1.54) is 24.3 Å². The molecule has 2 N–H and O–H groups in total. The van der Waals surface area contributed by atoms with E-state index in [0.717, 1.165) is 5.69 Å². The van der Waals surface area contributed by atoms with Gasteiger partial charge >= 0.3 is 0 Å². The molecule has 1 fully saturated rings. The molecule has 0 unspecified atom stereocenters. The highest BCUT2D eigenvalue weighted by Gasteiger charge is 2.44. The molecule has 6 nitrogen and oxygen atoms in total. The van der Waals surface area contributed by atoms with E-state index in [1.54, 1.807) is 29.3 Å². The summed E-state index contributed by atoms with van der Waals surface area (Å²) in [5, 5.41) is 12.4. The third kappa shape index (κ3) is 3.74. The molecule has 2 aromatic carbocycles. The average Bonchev–Trinajstić information content (AvgIpc) is 3.40. The number of fused-ring (bicyclic) bond motifs is 3. The minimum absolute atomic E-state index is 0.0106. The normalized spacial score (nSPS) is 20.0. The minimum Gasteiger partial charge on any atom is -0.394 e. The second kappa shape index (κ2) is 8.61. The molecule has 2 atom stereocenters. The zero-order chi connectivity index (χ0) is 23.9. The maximum absolute atomic E-state index is 14.7. The highest BCUT2D eigenvalue weighted by molar-refractivity contribution is 5.98. The van der Waals surface area contributed by atoms with E-state index in [4.69, 9.17) is 0 Å². The molecule has 1 aliphatic carbocycles. The molecular weight excluding hydrogens is 440 g/mol. The number of aliphatic hydroxyl groups excluding tert-OH is 1. The summed E-state index contributed by atoms with van der Waals surface area (Å²) in [4.78, 5) is 31.5. The maximum atomic E-state index is 14.7. The molecule has 174 valence electrons. The minimum atomic E-state index is -3.11. The first-order valence-electron chi connectivity index (χ1n) is 11.1. The van der Waals surface area contributed by atoms with Crippen LogP contribution >= 0.6 is 0 Å². The Hall–Kier alpha value is -3.65. The smallest absolute Gasteiger partial charge is 0.299 e. The summed E-state index contributed by atoms with van der Waals surface area (Å²) in [6, 6.07) is 15.5. The lowest BCUT2D eigenvalue weighted by Crippen LogP contribution is -2.44. The number of nitrogens with one attached hydrogen (secondary N) is 1. The Morgan fingerprint density at radius 3 is 2.59 bits per heavy atom. The van der Waals surface area contributed by atoms with Crippen molar-refractivity contribution in [2.45, 2.75) is 24.3 Å². The van der Waals surface area contributed by atoms with Crippen molar-refractivity contribution in [3.8, 4) is 11.1 Å². The number of carbonyl (C=O) groups excluding carboxylic acids is 2. The molecule has 5 rings (SSSR count). The highest BCUT2D eigenvalue weighted by Crippen LogP contribution is 2.50. The van der Waals surface area contributed by atoms with Crippen molar-refractivity contribution in [1.29, 1.82) is 0 Å². The number of aromatic nitrogens is 1. The zero-order valence-electron chi connectivity index (χ0n) is 18.2. The number of halogens is 2. The van der Waals surface area contributed by atoms with Crippen LogP contribution in [0.5, 0.6) is 0 Å². The molecule has 0 radical (unpaired) electrons. The number of pyridine rings is 1. The van der Waals surface area contributed by atoms with Gasteiger partial charge in [0.15, 0.2) is 0 Å². The van der Waals surface area contributed by atoms with Gasteiger partial charge in [0.1, 0.15) is 0 Å². The quantitative estimate of drug-likeness (QED) is 0.608. The number of benzene rings is 2. The molecule has 1 aliphatic heterocycles. The standard InChI is InChI=1S/C26H23F2N3O3/c27-26(28)21-6-2-1-5-19(21)20-12-16(8-9-22(20)26)25(34)30-13-24(33)31-14-17(11-18(31)15-32)23-7-3-4-10-29-23/h1-10,12,17-18,32H,11,13-15H2,(H,30,34)/t17-,18-/m0/s1. The summed E-state index contributed by atoms with van der Waals surface area (Å²) in [7, 11) is 0. The number of amides is 2. The summed E-state index contributed by atoms with van der Waals surface area (Å²) < 4.78 is 29.5. The molecular formula is C26H23F2N3O3. The molecule has 2 aliphatic rings. The van der Waals surface area contributed by atoms with Crippen LogP contribution in [0.1, 0.15) is 39.5 Å². The first-order valence-corrected chi connectivity index (χ1v) is 11.1. The van der Waals surface area contributed by atoms with Crippen LogP contribution in [-0.4, -0.2) is 52.5 Å². The zero-order valence-corrected chi connectivity index (χ0v) is 18.2. The third-order valence-corrected chi connectivity index (χ3v) is 6.63. The summed E-state index contributed by atoms with van der Waals surface area (Å²) in [6.45, 7) is -0.0305. The molecule has 0 bridgehead atoms. The lowest BCUT2D eigenvalue weighted by atomic mass is 10.0. The first-order chi connectivity index (χ1) is 16.4. The van der Waals surface area contributed by atoms with Crippen LogP contribution in [0.25, 0.3) is 11.1 Å². The molecule has 0 saturated carbocycles. The summed E-state index contributed by atoms with van der Waals surface area (Å²) in [6.07, 6.45) is 2.28. The molecule has 8 heteroatoms. The summed E-state index contributed by atoms with van der Waals surface area (Å²) >= 11 is 0. The van der Waals surface area contributed by atoms with E-state index < -0.39 is 11.8 Å². The molecule has 1 aromatic heterocycles. The topological polar surface area (TPSA) is 82.5 Å². The summed E-state index contributed by atoms with van der Waals surface area (Å²) in [5.41, 5.74) is 1.56. The Balaban J connectivity index is 1.28. The Kier molecular flexibility index (Phi) is 5.61. The Bertz CT molecular complexity index is 1250. The van der Waals surface area contributed by atoms with Gasteiger partial charge in [0.2, 0.25) is 5.91 Å². The number of rotatable bonds is 5. The van der Waals surface area contributed by atoms with Gasteiger partial charge in [0, 0.05) is 41.0 Å². The Morgan fingerprint density at radius 1 is 1.06 bits per heavy atom. The fourth-order valence-electron chi connectivity index (χ4n) is 4.91. The second-order valence-corrected chi connectivity index (χ2v) is 8.63. The van der Waals surface area contributed by atoms with Crippen molar-refractivity contribution in [1.82, 2.24) is 15.2 Å². The van der Waals surface area contributed by atoms with Gasteiger partial charge in [0.25, 0.3) is 11.8 Å². The molecule has 0 spiro atoms. The van der Waals surface area contributed by atoms with Crippen LogP contribution in [0, 0.1) is 0 Å². The van der Waals surface area contributed by atoms with Crippen LogP contribution < -0.4 is 5.32 Å². The largest absolute Gasteiger partial charge is 0.394 e. The van der Waals surface area contributed by atoms with Gasteiger partial charge in [-0.05, 0) is 41.8 Å². The van der Waals surface area contributed by atoms with Gasteiger partial charge in [0.05, 0.1) is 19.2 Å². The van der Waals surface area contributed by atoms with Gasteiger partial charge in [-0.1, -0.05) is 36.4 Å². The van der Waals surface area contributed by atoms with E-state index >= 15 is 0 Å². The Morgan fingerprint density at radius 2 is 1.82 bits per heavy atom. The van der Waals surface area contributed by atoms with Gasteiger partial charge in [-0.3, -0.25) is 14.6 Å². The third-order valence-electron chi connectivity index (χ3n) is 6.63. The van der Waals surface area contributed by atoms with Crippen molar-refractivity contribution in [3.05, 3.63) is 89.2 Å². The highest BCUT2D eigenvalue weighted by atomic mass is 19.3. The van der Waals surface area contributed by atoms with Crippen LogP contribution in [0.3, 0.4) is 0 Å². The Labute approximate surface area is 195 Å². The predicted molar refractivity (Wildman–Crippen MR) is 121 cm³/mol. The number of hydrogen-bond donors (Lipinski definition) is 2. The number of aliphatic hydroxyl groups is 1. The fraction of sp³-hybridized carbons (Fsp3) is 0.269. The van der Waals surface area contributed by atoms with E-state index in [2.05, 4.69) is 10.3 Å². The van der Waals surface area contributed by atoms with Gasteiger partial charge in [-0.15, -0.1) is 0 Å². The number of likely N-dealkylation sites (tertiary alicyclic amines) is 1. The molecule has 2 heterocycles. The number of nitrogens with zero attached hydrogens (tertiary/aromatic N) is 2. The number of carbonyl (C=O) groups is 2. The number of alkyl halides is 2. The lowest BCUT2D eigenvalue weighted by Gasteiger charge is -2.23. The second-order valence-electron chi connectivity index (χ2n) is 8.63.